The standard InChI is InChI=1S/C61H38N3O2/c1-3-14-40(15-4-1)63-32-33-64(41-16-5-2-6-17-41)56-37-54-53(36-55(56)63)45-30-28-39(43-21-12-23-50-47-19-8-10-26-58(47)66-61(43)50)35-52(45)51-34-38(27-29-44(51)48-24-13-31-62-59(48)54)42-20-11-22-49-46-18-7-9-25-57(46)65-60(42)49/h1-32,34-37H,33H2/q+1. The molecule has 66 heavy (non-hydrogen) atoms. The van der Waals surface area contributed by atoms with Gasteiger partial charge in [-0.3, -0.25) is 4.98 Å². The Labute approximate surface area is 380 Å². The second kappa shape index (κ2) is 14.4. The number of aromatic nitrogens is 1. The maximum absolute atomic E-state index is 6.67. The predicted octanol–water partition coefficient (Wildman–Crippen LogP) is 16.3. The number of benzene rings is 9. The summed E-state index contributed by atoms with van der Waals surface area (Å²) in [5.41, 5.74) is 20.9. The number of furan rings is 2. The Morgan fingerprint density at radius 2 is 0.955 bits per heavy atom. The average molecular weight is 845 g/mol. The Balaban J connectivity index is 1.07. The van der Waals surface area contributed by atoms with Crippen molar-refractivity contribution in [3.05, 3.63) is 212 Å². The Kier molecular flexibility index (Phi) is 7.98. The SMILES string of the molecule is C1=[N+](c2ccccc2)c2cc3c(cc2N(c2ccccc2)C1)-c1ncccc1-c1ccc(-c2cccc4c2oc2ccccc24)cc1-c1cc(-c2cccc4c2oc2ccccc24)ccc1-3. The minimum absolute atomic E-state index is 0.705. The molecule has 9 aromatic carbocycles. The third-order valence-electron chi connectivity index (χ3n) is 13.6. The smallest absolute Gasteiger partial charge is 0.235 e. The maximum atomic E-state index is 6.67. The number of para-hydroxylation sites is 6. The monoisotopic (exact) mass is 844 g/mol. The van der Waals surface area contributed by atoms with Gasteiger partial charge < -0.3 is 13.7 Å². The van der Waals surface area contributed by atoms with Crippen LogP contribution in [-0.2, 0) is 0 Å². The van der Waals surface area contributed by atoms with E-state index in [9.17, 15) is 0 Å². The molecule has 0 N–H and O–H groups in total. The van der Waals surface area contributed by atoms with Crippen molar-refractivity contribution in [2.24, 2.45) is 0 Å². The molecule has 4 heterocycles. The van der Waals surface area contributed by atoms with Crippen LogP contribution in [0, 0.1) is 0 Å². The number of anilines is 2. The first-order chi connectivity index (χ1) is 32.7. The number of nitrogens with zero attached hydrogens (tertiary/aromatic N) is 3. The van der Waals surface area contributed by atoms with Crippen LogP contribution in [0.15, 0.2) is 221 Å². The van der Waals surface area contributed by atoms with Gasteiger partial charge in [0.15, 0.2) is 6.21 Å². The fraction of sp³-hybridized carbons (Fsp3) is 0.0164. The van der Waals surface area contributed by atoms with Crippen molar-refractivity contribution in [3.8, 4) is 66.9 Å². The highest BCUT2D eigenvalue weighted by Gasteiger charge is 2.33. The number of rotatable bonds is 4. The average Bonchev–Trinajstić information content (AvgIpc) is 3.97. The maximum Gasteiger partial charge on any atom is 0.235 e. The molecule has 0 fully saturated rings. The minimum atomic E-state index is 0.705. The number of hydrogen-bond acceptors (Lipinski definition) is 4. The molecule has 5 nitrogen and oxygen atoms in total. The van der Waals surface area contributed by atoms with Gasteiger partial charge in [0.2, 0.25) is 11.4 Å². The van der Waals surface area contributed by atoms with E-state index < -0.39 is 0 Å². The summed E-state index contributed by atoms with van der Waals surface area (Å²) in [5, 5.41) is 4.44. The van der Waals surface area contributed by atoms with E-state index in [2.05, 4.69) is 210 Å². The van der Waals surface area contributed by atoms with Crippen molar-refractivity contribution in [2.75, 3.05) is 11.4 Å². The molecule has 0 amide bonds. The number of fused-ring (bicyclic) bond motifs is 15. The molecule has 5 heteroatoms. The zero-order valence-electron chi connectivity index (χ0n) is 35.6. The molecule has 0 atom stereocenters. The van der Waals surface area contributed by atoms with Gasteiger partial charge in [0.05, 0.1) is 5.69 Å². The Hall–Kier alpha value is -8.80. The second-order valence-electron chi connectivity index (χ2n) is 17.2. The van der Waals surface area contributed by atoms with Crippen LogP contribution in [0.3, 0.4) is 0 Å². The summed E-state index contributed by atoms with van der Waals surface area (Å²) < 4.78 is 15.7. The molecule has 3 aromatic heterocycles. The quantitative estimate of drug-likeness (QED) is 0.166. The molecule has 1 aliphatic carbocycles. The second-order valence-corrected chi connectivity index (χ2v) is 17.2. The lowest BCUT2D eigenvalue weighted by molar-refractivity contribution is 0.669. The van der Waals surface area contributed by atoms with Gasteiger partial charge in [-0.2, -0.15) is 4.58 Å². The molecule has 0 radical (unpaired) electrons. The third kappa shape index (κ3) is 5.53. The fourth-order valence-corrected chi connectivity index (χ4v) is 10.6. The zero-order valence-corrected chi connectivity index (χ0v) is 35.6. The van der Waals surface area contributed by atoms with Crippen molar-refractivity contribution in [1.82, 2.24) is 9.56 Å². The Bertz CT molecular complexity index is 3970. The molecule has 14 rings (SSSR count). The van der Waals surface area contributed by atoms with Gasteiger partial charge in [-0.1, -0.05) is 140 Å². The lowest BCUT2D eigenvalue weighted by atomic mass is 9.80. The third-order valence-corrected chi connectivity index (χ3v) is 13.6. The van der Waals surface area contributed by atoms with Crippen molar-refractivity contribution >= 4 is 72.8 Å². The van der Waals surface area contributed by atoms with E-state index in [1.54, 1.807) is 0 Å². The van der Waals surface area contributed by atoms with Crippen LogP contribution >= 0.6 is 0 Å². The molecule has 2 aliphatic rings. The molecule has 12 aromatic rings. The summed E-state index contributed by atoms with van der Waals surface area (Å²) in [5.74, 6) is 0. The summed E-state index contributed by atoms with van der Waals surface area (Å²) in [6.07, 6.45) is 4.22. The first kappa shape index (κ1) is 36.7. The number of hydrogen-bond donors (Lipinski definition) is 0. The van der Waals surface area contributed by atoms with E-state index in [1.165, 1.54) is 0 Å². The molecular formula is C61H38N3O2+. The zero-order chi connectivity index (χ0) is 43.3. The summed E-state index contributed by atoms with van der Waals surface area (Å²) in [6, 6.07) is 73.9. The van der Waals surface area contributed by atoms with Crippen molar-refractivity contribution in [2.45, 2.75) is 0 Å². The van der Waals surface area contributed by atoms with Gasteiger partial charge in [-0.25, -0.2) is 0 Å². The van der Waals surface area contributed by atoms with Gasteiger partial charge in [0.1, 0.15) is 34.6 Å². The van der Waals surface area contributed by atoms with E-state index in [-0.39, 0.29) is 0 Å². The first-order valence-electron chi connectivity index (χ1n) is 22.5. The first-order valence-corrected chi connectivity index (χ1v) is 22.5. The summed E-state index contributed by atoms with van der Waals surface area (Å²) >= 11 is 0. The highest BCUT2D eigenvalue weighted by Crippen LogP contribution is 2.53. The Morgan fingerprint density at radius 3 is 1.61 bits per heavy atom. The minimum Gasteiger partial charge on any atom is -0.455 e. The molecule has 1 aliphatic heterocycles. The van der Waals surface area contributed by atoms with E-state index in [0.29, 0.717) is 6.54 Å². The summed E-state index contributed by atoms with van der Waals surface area (Å²) in [4.78, 5) is 7.67. The van der Waals surface area contributed by atoms with E-state index in [1.807, 2.05) is 18.3 Å². The lowest BCUT2D eigenvalue weighted by Crippen LogP contribution is -2.29. The van der Waals surface area contributed by atoms with Crippen LogP contribution in [0.5, 0.6) is 0 Å². The van der Waals surface area contributed by atoms with Gasteiger partial charge >= 0.3 is 0 Å². The fourth-order valence-electron chi connectivity index (χ4n) is 10.6. The van der Waals surface area contributed by atoms with Crippen LogP contribution in [0.25, 0.3) is 111 Å². The van der Waals surface area contributed by atoms with Crippen molar-refractivity contribution < 1.29 is 8.83 Å². The largest absolute Gasteiger partial charge is 0.455 e. The molecule has 0 spiro atoms. The molecule has 308 valence electrons. The van der Waals surface area contributed by atoms with Gasteiger partial charge in [-0.05, 0) is 87.5 Å². The predicted molar refractivity (Wildman–Crippen MR) is 272 cm³/mol. The molecular weight excluding hydrogens is 807 g/mol. The molecule has 0 saturated carbocycles. The Morgan fingerprint density at radius 1 is 0.409 bits per heavy atom. The van der Waals surface area contributed by atoms with E-state index in [4.69, 9.17) is 13.8 Å². The van der Waals surface area contributed by atoms with E-state index >= 15 is 0 Å². The van der Waals surface area contributed by atoms with Crippen LogP contribution in [-0.4, -0.2) is 17.7 Å². The number of pyridine rings is 1. The highest BCUT2D eigenvalue weighted by atomic mass is 16.3. The van der Waals surface area contributed by atoms with Gasteiger partial charge in [0.25, 0.3) is 0 Å². The molecule has 0 bridgehead atoms. The topological polar surface area (TPSA) is 45.4 Å². The lowest BCUT2D eigenvalue weighted by Gasteiger charge is -2.30. The van der Waals surface area contributed by atoms with E-state index in [0.717, 1.165) is 134 Å². The van der Waals surface area contributed by atoms with Gasteiger partial charge in [-0.15, -0.1) is 0 Å². The highest BCUT2D eigenvalue weighted by molar-refractivity contribution is 6.13. The van der Waals surface area contributed by atoms with Crippen molar-refractivity contribution in [3.63, 3.8) is 0 Å². The van der Waals surface area contributed by atoms with Crippen LogP contribution in [0.2, 0.25) is 0 Å². The molecule has 0 unspecified atom stereocenters. The summed E-state index contributed by atoms with van der Waals surface area (Å²) in [7, 11) is 0. The molecule has 0 saturated heterocycles. The van der Waals surface area contributed by atoms with Crippen LogP contribution < -0.4 is 9.48 Å². The van der Waals surface area contributed by atoms with Gasteiger partial charge in [0, 0.05) is 73.9 Å². The van der Waals surface area contributed by atoms with Crippen molar-refractivity contribution in [1.29, 1.82) is 0 Å². The summed E-state index contributed by atoms with van der Waals surface area (Å²) in [6.45, 7) is 0.705. The van der Waals surface area contributed by atoms with Crippen LogP contribution in [0.1, 0.15) is 0 Å². The normalized spacial score (nSPS) is 12.8. The van der Waals surface area contributed by atoms with Crippen LogP contribution in [0.4, 0.5) is 22.7 Å².